The lowest BCUT2D eigenvalue weighted by molar-refractivity contribution is 0.0531. The first-order valence-corrected chi connectivity index (χ1v) is 8.99. The number of piperidine rings is 1. The van der Waals surface area contributed by atoms with Crippen LogP contribution in [0.25, 0.3) is 10.2 Å². The molecular weight excluding hydrogens is 310 g/mol. The predicted molar refractivity (Wildman–Crippen MR) is 93.3 cm³/mol. The Balaban J connectivity index is 2.06. The summed E-state index contributed by atoms with van der Waals surface area (Å²) in [5.74, 6) is 1.98. The minimum Gasteiger partial charge on any atom is -0.462 e. The van der Waals surface area contributed by atoms with Crippen LogP contribution in [0.15, 0.2) is 6.33 Å². The number of anilines is 1. The summed E-state index contributed by atoms with van der Waals surface area (Å²) in [5, 5.41) is 1.00. The predicted octanol–water partition coefficient (Wildman–Crippen LogP) is 3.66. The van der Waals surface area contributed by atoms with Gasteiger partial charge in [-0.1, -0.05) is 13.8 Å². The minimum atomic E-state index is -0.265. The van der Waals surface area contributed by atoms with Gasteiger partial charge in [-0.25, -0.2) is 14.8 Å². The van der Waals surface area contributed by atoms with E-state index in [1.165, 1.54) is 17.8 Å². The number of hydrogen-bond donors (Lipinski definition) is 0. The van der Waals surface area contributed by atoms with Crippen molar-refractivity contribution < 1.29 is 9.53 Å². The molecule has 2 unspecified atom stereocenters. The van der Waals surface area contributed by atoms with E-state index in [9.17, 15) is 4.79 Å². The maximum Gasteiger partial charge on any atom is 0.348 e. The first kappa shape index (κ1) is 16.2. The summed E-state index contributed by atoms with van der Waals surface area (Å²) in [6.07, 6.45) is 2.86. The smallest absolute Gasteiger partial charge is 0.348 e. The van der Waals surface area contributed by atoms with Gasteiger partial charge in [0.15, 0.2) is 0 Å². The van der Waals surface area contributed by atoms with Crippen LogP contribution in [0.2, 0.25) is 0 Å². The van der Waals surface area contributed by atoms with Gasteiger partial charge in [-0.3, -0.25) is 0 Å². The molecule has 1 aliphatic rings. The van der Waals surface area contributed by atoms with Crippen molar-refractivity contribution in [2.45, 2.75) is 34.1 Å². The van der Waals surface area contributed by atoms with E-state index in [-0.39, 0.29) is 5.97 Å². The number of carbonyl (C=O) groups excluding carboxylic acids is 1. The maximum atomic E-state index is 12.2. The molecule has 2 aromatic rings. The average molecular weight is 333 g/mol. The van der Waals surface area contributed by atoms with Gasteiger partial charge in [0.2, 0.25) is 0 Å². The van der Waals surface area contributed by atoms with Gasteiger partial charge in [-0.2, -0.15) is 0 Å². The lowest BCUT2D eigenvalue weighted by Crippen LogP contribution is -2.39. The Morgan fingerprint density at radius 2 is 2.04 bits per heavy atom. The Morgan fingerprint density at radius 3 is 2.70 bits per heavy atom. The SMILES string of the molecule is CCOC(=O)c1sc2ncnc(N3CC(C)CC(C)C3)c2c1C. The number of fused-ring (bicyclic) bond motifs is 1. The van der Waals surface area contributed by atoms with E-state index in [1.807, 2.05) is 13.8 Å². The second kappa shape index (κ2) is 6.43. The summed E-state index contributed by atoms with van der Waals surface area (Å²) in [6.45, 7) is 10.7. The summed E-state index contributed by atoms with van der Waals surface area (Å²) < 4.78 is 5.17. The van der Waals surface area contributed by atoms with E-state index in [4.69, 9.17) is 4.74 Å². The summed E-state index contributed by atoms with van der Waals surface area (Å²) in [7, 11) is 0. The highest BCUT2D eigenvalue weighted by molar-refractivity contribution is 7.20. The van der Waals surface area contributed by atoms with Crippen molar-refractivity contribution >= 4 is 33.3 Å². The quantitative estimate of drug-likeness (QED) is 0.802. The fourth-order valence-electron chi connectivity index (χ4n) is 3.52. The van der Waals surface area contributed by atoms with Crippen molar-refractivity contribution in [3.8, 4) is 0 Å². The Bertz CT molecular complexity index is 718. The van der Waals surface area contributed by atoms with Crippen LogP contribution in [0.3, 0.4) is 0 Å². The minimum absolute atomic E-state index is 0.265. The van der Waals surface area contributed by atoms with Crippen molar-refractivity contribution in [2.75, 3.05) is 24.6 Å². The van der Waals surface area contributed by atoms with Gasteiger partial charge in [0.1, 0.15) is 21.9 Å². The van der Waals surface area contributed by atoms with E-state index < -0.39 is 0 Å². The van der Waals surface area contributed by atoms with Gasteiger partial charge in [-0.15, -0.1) is 11.3 Å². The Hall–Kier alpha value is -1.69. The lowest BCUT2D eigenvalue weighted by Gasteiger charge is -2.36. The first-order valence-electron chi connectivity index (χ1n) is 8.17. The topological polar surface area (TPSA) is 55.3 Å². The normalized spacial score (nSPS) is 21.7. The van der Waals surface area contributed by atoms with Gasteiger partial charge in [-0.05, 0) is 37.7 Å². The fourth-order valence-corrected chi connectivity index (χ4v) is 4.56. The molecule has 2 atom stereocenters. The molecule has 0 N–H and O–H groups in total. The van der Waals surface area contributed by atoms with Crippen LogP contribution in [0.1, 0.15) is 42.4 Å². The van der Waals surface area contributed by atoms with Gasteiger partial charge in [0, 0.05) is 13.1 Å². The second-order valence-corrected chi connectivity index (χ2v) is 7.50. The lowest BCUT2D eigenvalue weighted by atomic mass is 9.92. The number of ether oxygens (including phenoxy) is 1. The van der Waals surface area contributed by atoms with Crippen molar-refractivity contribution in [2.24, 2.45) is 11.8 Å². The van der Waals surface area contributed by atoms with E-state index in [0.717, 1.165) is 34.7 Å². The molecule has 1 fully saturated rings. The van der Waals surface area contributed by atoms with E-state index in [0.29, 0.717) is 23.3 Å². The number of aryl methyl sites for hydroxylation is 1. The molecule has 3 heterocycles. The van der Waals surface area contributed by atoms with Gasteiger partial charge < -0.3 is 9.64 Å². The van der Waals surface area contributed by atoms with Crippen LogP contribution in [-0.2, 0) is 4.74 Å². The molecule has 3 rings (SSSR count). The Morgan fingerprint density at radius 1 is 1.35 bits per heavy atom. The molecule has 0 radical (unpaired) electrons. The molecule has 5 nitrogen and oxygen atoms in total. The molecule has 0 aromatic carbocycles. The molecule has 2 aromatic heterocycles. The number of esters is 1. The molecule has 0 amide bonds. The maximum absolute atomic E-state index is 12.2. The number of nitrogens with zero attached hydrogens (tertiary/aromatic N) is 3. The van der Waals surface area contributed by atoms with E-state index >= 15 is 0 Å². The monoisotopic (exact) mass is 333 g/mol. The van der Waals surface area contributed by atoms with E-state index in [1.54, 1.807) is 6.33 Å². The second-order valence-electron chi connectivity index (χ2n) is 6.51. The van der Waals surface area contributed by atoms with Crippen molar-refractivity contribution in [3.05, 3.63) is 16.8 Å². The molecule has 0 saturated carbocycles. The summed E-state index contributed by atoms with van der Waals surface area (Å²) >= 11 is 1.40. The third kappa shape index (κ3) is 3.04. The van der Waals surface area contributed by atoms with Crippen molar-refractivity contribution in [3.63, 3.8) is 0 Å². The molecule has 6 heteroatoms. The highest BCUT2D eigenvalue weighted by atomic mass is 32.1. The highest BCUT2D eigenvalue weighted by Gasteiger charge is 2.27. The molecule has 0 bridgehead atoms. The van der Waals surface area contributed by atoms with Crippen LogP contribution < -0.4 is 4.90 Å². The number of rotatable bonds is 3. The van der Waals surface area contributed by atoms with Crippen LogP contribution >= 0.6 is 11.3 Å². The summed E-state index contributed by atoms with van der Waals surface area (Å²) in [4.78, 5) is 24.9. The highest BCUT2D eigenvalue weighted by Crippen LogP contribution is 2.37. The van der Waals surface area contributed by atoms with Crippen LogP contribution in [0.5, 0.6) is 0 Å². The zero-order chi connectivity index (χ0) is 16.6. The zero-order valence-corrected chi connectivity index (χ0v) is 14.9. The molecule has 23 heavy (non-hydrogen) atoms. The van der Waals surface area contributed by atoms with Gasteiger partial charge in [0.05, 0.1) is 12.0 Å². The summed E-state index contributed by atoms with van der Waals surface area (Å²) in [5.41, 5.74) is 0.935. The van der Waals surface area contributed by atoms with Crippen molar-refractivity contribution in [1.82, 2.24) is 9.97 Å². The number of carbonyl (C=O) groups is 1. The average Bonchev–Trinajstić information content (AvgIpc) is 2.84. The zero-order valence-electron chi connectivity index (χ0n) is 14.1. The van der Waals surface area contributed by atoms with Gasteiger partial charge in [0.25, 0.3) is 0 Å². The largest absolute Gasteiger partial charge is 0.462 e. The van der Waals surface area contributed by atoms with Crippen LogP contribution in [-0.4, -0.2) is 35.6 Å². The number of hydrogen-bond acceptors (Lipinski definition) is 6. The molecule has 1 aliphatic heterocycles. The molecular formula is C17H23N3O2S. The first-order chi connectivity index (χ1) is 11.0. The number of aromatic nitrogens is 2. The molecule has 1 saturated heterocycles. The standard InChI is InChI=1S/C17H23N3O2S/c1-5-22-17(21)14-12(4)13-15(18-9-19-16(13)23-14)20-7-10(2)6-11(3)8-20/h9-11H,5-8H2,1-4H3. The van der Waals surface area contributed by atoms with Crippen molar-refractivity contribution in [1.29, 1.82) is 0 Å². The third-order valence-corrected chi connectivity index (χ3v) is 5.52. The molecule has 124 valence electrons. The Kier molecular flexibility index (Phi) is 4.53. The van der Waals surface area contributed by atoms with E-state index in [2.05, 4.69) is 28.7 Å². The third-order valence-electron chi connectivity index (χ3n) is 4.34. The summed E-state index contributed by atoms with van der Waals surface area (Å²) in [6, 6.07) is 0. The van der Waals surface area contributed by atoms with Gasteiger partial charge >= 0.3 is 5.97 Å². The van der Waals surface area contributed by atoms with Crippen LogP contribution in [0.4, 0.5) is 5.82 Å². The number of thiophene rings is 1. The fraction of sp³-hybridized carbons (Fsp3) is 0.588. The Labute approximate surface area is 140 Å². The molecule has 0 aliphatic carbocycles. The van der Waals surface area contributed by atoms with Crippen LogP contribution in [0, 0.1) is 18.8 Å². The molecule has 0 spiro atoms.